The number of aliphatic carboxylic acids is 1. The van der Waals surface area contributed by atoms with Gasteiger partial charge in [0.1, 0.15) is 0 Å². The van der Waals surface area contributed by atoms with Crippen molar-refractivity contribution in [3.8, 4) is 0 Å². The van der Waals surface area contributed by atoms with E-state index in [-0.39, 0.29) is 18.0 Å². The Morgan fingerprint density at radius 1 is 1.08 bits per heavy atom. The summed E-state index contributed by atoms with van der Waals surface area (Å²) in [5.41, 5.74) is 0.384. The molecule has 0 aromatic heterocycles. The topological polar surface area (TPSA) is 115 Å². The lowest BCUT2D eigenvalue weighted by molar-refractivity contribution is -0.307. The molecule has 0 N–H and O–H groups in total. The van der Waals surface area contributed by atoms with Gasteiger partial charge in [-0.15, -0.1) is 0 Å². The number of carboxylic acids is 1. The number of carbonyl (C=O) groups excluding carboxylic acids is 5. The number of nitrogens with zero attached hydrogens (tertiary/aromatic N) is 2. The fourth-order valence-electron chi connectivity index (χ4n) is 2.09. The molecule has 1 aliphatic rings. The van der Waals surface area contributed by atoms with Gasteiger partial charge >= 0.3 is 0 Å². The van der Waals surface area contributed by atoms with Crippen LogP contribution >= 0.6 is 11.8 Å². The van der Waals surface area contributed by atoms with Crippen LogP contribution < -0.4 is 5.11 Å². The van der Waals surface area contributed by atoms with Crippen LogP contribution in [0.1, 0.15) is 23.2 Å². The van der Waals surface area contributed by atoms with Crippen molar-refractivity contribution in [3.05, 3.63) is 35.9 Å². The minimum absolute atomic E-state index is 0.0915. The molecular formula is C15H13N2O6S-. The van der Waals surface area contributed by atoms with Crippen molar-refractivity contribution < 1.29 is 29.1 Å². The van der Waals surface area contributed by atoms with E-state index in [0.717, 1.165) is 0 Å². The van der Waals surface area contributed by atoms with Crippen molar-refractivity contribution in [2.75, 3.05) is 12.3 Å². The monoisotopic (exact) mass is 349 g/mol. The molecule has 1 fully saturated rings. The van der Waals surface area contributed by atoms with Gasteiger partial charge in [-0.05, 0) is 0 Å². The van der Waals surface area contributed by atoms with E-state index in [1.165, 1.54) is 0 Å². The van der Waals surface area contributed by atoms with E-state index >= 15 is 0 Å². The molecule has 3 amide bonds. The minimum Gasteiger partial charge on any atom is -0.548 e. The molecule has 0 spiro atoms. The Morgan fingerprint density at radius 3 is 2.21 bits per heavy atom. The van der Waals surface area contributed by atoms with Crippen LogP contribution in [0.3, 0.4) is 0 Å². The number of rotatable bonds is 6. The standard InChI is InChI=1S/C15H14N2O6S/c18-11-6-7-12(19)17(11)16(8-14(21)22)13(20)9-24-15(23)10-4-2-1-3-5-10/h1-5H,6-9H2,(H,21,22)/p-1. The molecule has 1 heterocycles. The van der Waals surface area contributed by atoms with Crippen molar-refractivity contribution in [3.63, 3.8) is 0 Å². The maximum Gasteiger partial charge on any atom is 0.252 e. The summed E-state index contributed by atoms with van der Waals surface area (Å²) in [6.45, 7) is -0.934. The van der Waals surface area contributed by atoms with Crippen LogP contribution in [0.4, 0.5) is 0 Å². The summed E-state index contributed by atoms with van der Waals surface area (Å²) >= 11 is 0.662. The lowest BCUT2D eigenvalue weighted by Gasteiger charge is -2.30. The molecule has 0 radical (unpaired) electrons. The van der Waals surface area contributed by atoms with Gasteiger partial charge < -0.3 is 9.90 Å². The molecule has 1 aliphatic heterocycles. The third-order valence-corrected chi connectivity index (χ3v) is 4.06. The predicted octanol–water partition coefficient (Wildman–Crippen LogP) is -0.798. The normalized spacial score (nSPS) is 13.9. The predicted molar refractivity (Wildman–Crippen MR) is 81.0 cm³/mol. The third kappa shape index (κ3) is 4.19. The molecule has 1 aromatic rings. The quantitative estimate of drug-likeness (QED) is 0.618. The molecule has 2 rings (SSSR count). The number of imide groups is 1. The fourth-order valence-corrected chi connectivity index (χ4v) is 2.79. The number of hydrogen-bond donors (Lipinski definition) is 0. The van der Waals surface area contributed by atoms with Gasteiger partial charge in [-0.1, -0.05) is 42.1 Å². The maximum absolute atomic E-state index is 12.2. The Balaban J connectivity index is 2.05. The summed E-state index contributed by atoms with van der Waals surface area (Å²) in [6.07, 6.45) is -0.183. The first-order valence-corrected chi connectivity index (χ1v) is 7.97. The zero-order valence-corrected chi connectivity index (χ0v) is 13.3. The lowest BCUT2D eigenvalue weighted by atomic mass is 10.2. The number of benzene rings is 1. The van der Waals surface area contributed by atoms with Crippen molar-refractivity contribution in [1.29, 1.82) is 0 Å². The third-order valence-electron chi connectivity index (χ3n) is 3.17. The summed E-state index contributed by atoms with van der Waals surface area (Å²) < 4.78 is 0. The Bertz CT molecular complexity index is 674. The van der Waals surface area contributed by atoms with Gasteiger partial charge in [0, 0.05) is 18.4 Å². The van der Waals surface area contributed by atoms with E-state index in [1.54, 1.807) is 30.3 Å². The van der Waals surface area contributed by atoms with Crippen molar-refractivity contribution in [2.45, 2.75) is 12.8 Å². The summed E-state index contributed by atoms with van der Waals surface area (Å²) in [6, 6.07) is 8.22. The van der Waals surface area contributed by atoms with Gasteiger partial charge in [-0.25, -0.2) is 5.01 Å². The van der Waals surface area contributed by atoms with Crippen molar-refractivity contribution in [2.24, 2.45) is 0 Å². The molecule has 1 aromatic carbocycles. The largest absolute Gasteiger partial charge is 0.548 e. The van der Waals surface area contributed by atoms with Crippen LogP contribution in [0.5, 0.6) is 0 Å². The summed E-state index contributed by atoms with van der Waals surface area (Å²) in [5, 5.41) is 11.5. The number of amides is 3. The van der Waals surface area contributed by atoms with Crippen LogP contribution in [-0.2, 0) is 19.2 Å². The highest BCUT2D eigenvalue weighted by Crippen LogP contribution is 2.18. The molecule has 0 saturated carbocycles. The first-order valence-electron chi connectivity index (χ1n) is 6.98. The van der Waals surface area contributed by atoms with E-state index < -0.39 is 36.0 Å². The number of hydrazine groups is 1. The van der Waals surface area contributed by atoms with Crippen LogP contribution in [0.25, 0.3) is 0 Å². The second-order valence-corrected chi connectivity index (χ2v) is 5.81. The molecule has 9 heteroatoms. The number of carboxylic acid groups (broad SMARTS) is 1. The molecule has 1 saturated heterocycles. The van der Waals surface area contributed by atoms with Crippen LogP contribution in [0.15, 0.2) is 30.3 Å². The summed E-state index contributed by atoms with van der Waals surface area (Å²) in [4.78, 5) is 58.4. The van der Waals surface area contributed by atoms with E-state index in [0.29, 0.717) is 27.3 Å². The zero-order chi connectivity index (χ0) is 17.7. The zero-order valence-electron chi connectivity index (χ0n) is 12.5. The first-order chi connectivity index (χ1) is 11.4. The Kier molecular flexibility index (Phi) is 5.69. The van der Waals surface area contributed by atoms with Gasteiger partial charge in [0.25, 0.3) is 5.91 Å². The summed E-state index contributed by atoms with van der Waals surface area (Å²) in [7, 11) is 0. The highest BCUT2D eigenvalue weighted by Gasteiger charge is 2.36. The average Bonchev–Trinajstić information content (AvgIpc) is 2.89. The Hall–Kier alpha value is -2.68. The number of thioether (sulfide) groups is 1. The molecule has 126 valence electrons. The van der Waals surface area contributed by atoms with Gasteiger partial charge in [0.05, 0.1) is 18.3 Å². The van der Waals surface area contributed by atoms with Gasteiger partial charge in [0.2, 0.25) is 16.9 Å². The molecule has 24 heavy (non-hydrogen) atoms. The van der Waals surface area contributed by atoms with E-state index in [2.05, 4.69) is 0 Å². The second kappa shape index (κ2) is 7.73. The van der Waals surface area contributed by atoms with Gasteiger partial charge in [-0.3, -0.25) is 19.2 Å². The van der Waals surface area contributed by atoms with Crippen LogP contribution in [0.2, 0.25) is 0 Å². The first kappa shape index (κ1) is 17.7. The Labute approximate surface area is 141 Å². The van der Waals surface area contributed by atoms with Crippen molar-refractivity contribution in [1.82, 2.24) is 10.0 Å². The fraction of sp³-hybridized carbons (Fsp3) is 0.267. The number of hydrogen-bond acceptors (Lipinski definition) is 7. The van der Waals surface area contributed by atoms with Gasteiger partial charge in [0.15, 0.2) is 0 Å². The highest BCUT2D eigenvalue weighted by atomic mass is 32.2. The molecule has 0 aliphatic carbocycles. The molecule has 0 bridgehead atoms. The van der Waals surface area contributed by atoms with E-state index in [4.69, 9.17) is 0 Å². The average molecular weight is 349 g/mol. The van der Waals surface area contributed by atoms with E-state index in [9.17, 15) is 29.1 Å². The molecule has 8 nitrogen and oxygen atoms in total. The highest BCUT2D eigenvalue weighted by molar-refractivity contribution is 8.14. The van der Waals surface area contributed by atoms with Gasteiger partial charge in [-0.2, -0.15) is 5.01 Å². The maximum atomic E-state index is 12.2. The smallest absolute Gasteiger partial charge is 0.252 e. The van der Waals surface area contributed by atoms with Crippen LogP contribution in [-0.4, -0.2) is 51.1 Å². The van der Waals surface area contributed by atoms with Crippen LogP contribution in [0, 0.1) is 0 Å². The van der Waals surface area contributed by atoms with E-state index in [1.807, 2.05) is 0 Å². The van der Waals surface area contributed by atoms with Crippen molar-refractivity contribution >= 4 is 40.6 Å². The molecule has 0 unspecified atom stereocenters. The minimum atomic E-state index is -1.62. The molecular weight excluding hydrogens is 336 g/mol. The summed E-state index contributed by atoms with van der Waals surface area (Å²) in [5.74, 6) is -4.17. The number of carbonyl (C=O) groups is 5. The molecule has 0 atom stereocenters. The second-order valence-electron chi connectivity index (χ2n) is 4.86. The Morgan fingerprint density at radius 2 is 1.67 bits per heavy atom. The SMILES string of the molecule is O=C([O-])CN(C(=O)CSC(=O)c1ccccc1)N1C(=O)CCC1=O. The lowest BCUT2D eigenvalue weighted by Crippen LogP contribution is -2.54.